The molecule has 3 aromatic heterocycles. The Morgan fingerprint density at radius 3 is 2.59 bits per heavy atom. The summed E-state index contributed by atoms with van der Waals surface area (Å²) in [7, 11) is -1.98. The minimum absolute atomic E-state index is 0.0225. The third-order valence-corrected chi connectivity index (χ3v) is 10.9. The number of aliphatic carboxylic acids is 1. The number of hydrogen-bond donors (Lipinski definition) is 1. The van der Waals surface area contributed by atoms with E-state index in [0.717, 1.165) is 16.5 Å². The Labute approximate surface area is 264 Å². The predicted octanol–water partition coefficient (Wildman–Crippen LogP) is 4.08. The Balaban J connectivity index is 1.42. The molecule has 4 aromatic rings. The zero-order valence-electron chi connectivity index (χ0n) is 25.8. The molecule has 0 amide bonds. The van der Waals surface area contributed by atoms with Crippen molar-refractivity contribution < 1.29 is 31.5 Å². The SMILES string of the molecule is Cc1ccc([C@H](CC(=O)O)c2ccn3c(C(F)(F)F)nnc3c2C)cc1CN1C[C@]2(C)CN(C)CCN2c2ncccc2S1(=O)=O. The van der Waals surface area contributed by atoms with Gasteiger partial charge in [0.2, 0.25) is 15.8 Å². The predicted molar refractivity (Wildman–Crippen MR) is 163 cm³/mol. The van der Waals surface area contributed by atoms with Crippen molar-refractivity contribution in [1.29, 1.82) is 0 Å². The molecule has 0 unspecified atom stereocenters. The van der Waals surface area contributed by atoms with Gasteiger partial charge in [0.15, 0.2) is 5.65 Å². The number of alkyl halides is 3. The number of hydrogen-bond acceptors (Lipinski definition) is 8. The van der Waals surface area contributed by atoms with Gasteiger partial charge in [0.25, 0.3) is 0 Å². The van der Waals surface area contributed by atoms with Crippen LogP contribution in [0.5, 0.6) is 0 Å². The second kappa shape index (κ2) is 11.3. The molecule has 1 aromatic carbocycles. The van der Waals surface area contributed by atoms with Crippen molar-refractivity contribution in [3.8, 4) is 0 Å². The maximum atomic E-state index is 14.2. The summed E-state index contributed by atoms with van der Waals surface area (Å²) >= 11 is 0. The van der Waals surface area contributed by atoms with Gasteiger partial charge in [-0.3, -0.25) is 9.20 Å². The van der Waals surface area contributed by atoms with Crippen molar-refractivity contribution in [3.63, 3.8) is 0 Å². The van der Waals surface area contributed by atoms with Gasteiger partial charge in [0, 0.05) is 51.0 Å². The number of carbonyl (C=O) groups is 1. The number of carboxylic acid groups (broad SMARTS) is 1. The minimum atomic E-state index is -4.72. The number of aromatic nitrogens is 4. The third kappa shape index (κ3) is 5.49. The number of anilines is 1. The molecule has 1 N–H and O–H groups in total. The number of sulfonamides is 1. The summed E-state index contributed by atoms with van der Waals surface area (Å²) < 4.78 is 71.2. The van der Waals surface area contributed by atoms with E-state index in [-0.39, 0.29) is 30.1 Å². The van der Waals surface area contributed by atoms with Crippen LogP contribution in [0, 0.1) is 13.8 Å². The minimum Gasteiger partial charge on any atom is -0.481 e. The Hall–Kier alpha value is -4.08. The summed E-state index contributed by atoms with van der Waals surface area (Å²) in [6.07, 6.45) is -2.26. The van der Waals surface area contributed by atoms with Crippen molar-refractivity contribution in [2.75, 3.05) is 38.1 Å². The molecular formula is C31H34F3N7O4S. The van der Waals surface area contributed by atoms with E-state index >= 15 is 0 Å². The highest BCUT2D eigenvalue weighted by Crippen LogP contribution is 2.39. The van der Waals surface area contributed by atoms with Gasteiger partial charge in [0.1, 0.15) is 10.7 Å². The standard InChI is InChI=1S/C31H34F3N7O4S/c1-19-7-8-21(24(15-26(42)43)23-9-11-40-27(20(23)2)36-37-29(40)31(32,33)34)14-22(19)16-39-18-30(3)17-38(4)12-13-41(30)28-25(46(39,44)45)6-5-10-35-28/h5-11,14,24H,12-13,15-18H2,1-4H3,(H,42,43)/t24-,30-/m0/s1. The summed E-state index contributed by atoms with van der Waals surface area (Å²) in [6, 6.07) is 10.0. The summed E-state index contributed by atoms with van der Waals surface area (Å²) in [6.45, 7) is 7.71. The highest BCUT2D eigenvalue weighted by Gasteiger charge is 2.47. The van der Waals surface area contributed by atoms with E-state index in [4.69, 9.17) is 0 Å². The van der Waals surface area contributed by atoms with Crippen molar-refractivity contribution in [2.24, 2.45) is 0 Å². The van der Waals surface area contributed by atoms with Gasteiger partial charge in [0.05, 0.1) is 12.0 Å². The lowest BCUT2D eigenvalue weighted by molar-refractivity contribution is -0.145. The van der Waals surface area contributed by atoms with Gasteiger partial charge < -0.3 is 14.9 Å². The van der Waals surface area contributed by atoms with Gasteiger partial charge in [-0.2, -0.15) is 17.5 Å². The molecule has 15 heteroatoms. The van der Waals surface area contributed by atoms with Crippen LogP contribution in [0.25, 0.3) is 5.65 Å². The molecular weight excluding hydrogens is 623 g/mol. The van der Waals surface area contributed by atoms with Crippen LogP contribution in [0.2, 0.25) is 0 Å². The molecule has 11 nitrogen and oxygen atoms in total. The quantitative estimate of drug-likeness (QED) is 0.327. The fourth-order valence-corrected chi connectivity index (χ4v) is 8.51. The average Bonchev–Trinajstić information content (AvgIpc) is 3.40. The van der Waals surface area contributed by atoms with Gasteiger partial charge >= 0.3 is 12.1 Å². The zero-order chi connectivity index (χ0) is 33.2. The second-order valence-electron chi connectivity index (χ2n) is 12.4. The molecule has 2 atom stereocenters. The third-order valence-electron chi connectivity index (χ3n) is 9.11. The maximum Gasteiger partial charge on any atom is 0.452 e. The van der Waals surface area contributed by atoms with Crippen molar-refractivity contribution in [2.45, 2.75) is 56.3 Å². The van der Waals surface area contributed by atoms with Crippen LogP contribution in [-0.2, 0) is 27.5 Å². The number of pyridine rings is 2. The molecule has 244 valence electrons. The lowest BCUT2D eigenvalue weighted by atomic mass is 9.85. The monoisotopic (exact) mass is 657 g/mol. The largest absolute Gasteiger partial charge is 0.481 e. The number of benzene rings is 1. The summed E-state index contributed by atoms with van der Waals surface area (Å²) in [5, 5.41) is 17.0. The molecule has 0 saturated carbocycles. The number of piperazine rings is 1. The van der Waals surface area contributed by atoms with E-state index in [1.54, 1.807) is 37.4 Å². The first-order valence-corrected chi connectivity index (χ1v) is 16.2. The van der Waals surface area contributed by atoms with Crippen molar-refractivity contribution in [3.05, 3.63) is 82.4 Å². The normalized spacial score (nSPS) is 21.1. The Morgan fingerprint density at radius 1 is 1.11 bits per heavy atom. The number of likely N-dealkylation sites (N-methyl/N-ethyl adjacent to an activating group) is 1. The van der Waals surface area contributed by atoms with Crippen LogP contribution in [0.4, 0.5) is 19.0 Å². The summed E-state index contributed by atoms with van der Waals surface area (Å²) in [5.74, 6) is -2.59. The van der Waals surface area contributed by atoms with Crippen LogP contribution < -0.4 is 4.90 Å². The molecule has 5 heterocycles. The smallest absolute Gasteiger partial charge is 0.452 e. The highest BCUT2D eigenvalue weighted by molar-refractivity contribution is 7.89. The van der Waals surface area contributed by atoms with E-state index in [9.17, 15) is 31.5 Å². The topological polar surface area (TPSA) is 124 Å². The lowest BCUT2D eigenvalue weighted by Crippen LogP contribution is -2.64. The molecule has 1 fully saturated rings. The number of nitrogens with zero attached hydrogens (tertiary/aromatic N) is 7. The number of halogens is 3. The fraction of sp³-hybridized carbons (Fsp3) is 0.419. The molecule has 1 saturated heterocycles. The Bertz CT molecular complexity index is 1950. The molecule has 2 aliphatic heterocycles. The van der Waals surface area contributed by atoms with Gasteiger partial charge in [-0.05, 0) is 73.8 Å². The first kappa shape index (κ1) is 31.9. The molecule has 2 aliphatic rings. The van der Waals surface area contributed by atoms with Crippen LogP contribution in [0.1, 0.15) is 52.9 Å². The molecule has 0 bridgehead atoms. The Kier molecular flexibility index (Phi) is 7.84. The molecule has 0 aliphatic carbocycles. The lowest BCUT2D eigenvalue weighted by Gasteiger charge is -2.48. The van der Waals surface area contributed by atoms with Gasteiger partial charge in [-0.15, -0.1) is 10.2 Å². The number of fused-ring (bicyclic) bond motifs is 4. The zero-order valence-corrected chi connectivity index (χ0v) is 26.6. The van der Waals surface area contributed by atoms with Crippen LogP contribution in [-0.4, -0.2) is 87.0 Å². The molecule has 46 heavy (non-hydrogen) atoms. The average molecular weight is 658 g/mol. The summed E-state index contributed by atoms with van der Waals surface area (Å²) in [4.78, 5) is 21.0. The summed E-state index contributed by atoms with van der Waals surface area (Å²) in [5.41, 5.74) is 2.34. The number of aryl methyl sites for hydroxylation is 2. The van der Waals surface area contributed by atoms with Crippen molar-refractivity contribution in [1.82, 2.24) is 28.8 Å². The van der Waals surface area contributed by atoms with Crippen LogP contribution in [0.15, 0.2) is 53.7 Å². The van der Waals surface area contributed by atoms with E-state index in [1.807, 2.05) is 27.0 Å². The van der Waals surface area contributed by atoms with Gasteiger partial charge in [-0.1, -0.05) is 18.2 Å². The molecule has 0 radical (unpaired) electrons. The van der Waals surface area contributed by atoms with Crippen LogP contribution >= 0.6 is 0 Å². The second-order valence-corrected chi connectivity index (χ2v) is 14.3. The van der Waals surface area contributed by atoms with Crippen LogP contribution in [0.3, 0.4) is 0 Å². The van der Waals surface area contributed by atoms with E-state index in [1.165, 1.54) is 16.6 Å². The fourth-order valence-electron chi connectivity index (χ4n) is 6.83. The highest BCUT2D eigenvalue weighted by atomic mass is 32.2. The first-order chi connectivity index (χ1) is 21.6. The van der Waals surface area contributed by atoms with E-state index < -0.39 is 39.5 Å². The number of rotatable bonds is 6. The van der Waals surface area contributed by atoms with E-state index in [0.29, 0.717) is 41.2 Å². The molecule has 0 spiro atoms. The maximum absolute atomic E-state index is 14.2. The Morgan fingerprint density at radius 2 is 1.87 bits per heavy atom. The van der Waals surface area contributed by atoms with E-state index in [2.05, 4.69) is 25.0 Å². The van der Waals surface area contributed by atoms with Crippen molar-refractivity contribution >= 4 is 27.5 Å². The van der Waals surface area contributed by atoms with Gasteiger partial charge in [-0.25, -0.2) is 13.4 Å². The first-order valence-electron chi connectivity index (χ1n) is 14.7. The molecule has 6 rings (SSSR count). The number of carboxylic acids is 1.